The van der Waals surface area contributed by atoms with E-state index in [2.05, 4.69) is 30.6 Å². The van der Waals surface area contributed by atoms with Crippen molar-refractivity contribution in [3.05, 3.63) is 0 Å². The molecule has 2 aliphatic rings. The minimum Gasteiger partial charge on any atom is -0.330 e. The van der Waals surface area contributed by atoms with Gasteiger partial charge < -0.3 is 15.5 Å². The molecule has 2 fully saturated rings. The third kappa shape index (κ3) is 4.44. The first-order valence-corrected chi connectivity index (χ1v) is 8.68. The zero-order chi connectivity index (χ0) is 14.6. The molecule has 3 nitrogen and oxygen atoms in total. The normalized spacial score (nSPS) is 33.8. The Labute approximate surface area is 125 Å². The van der Waals surface area contributed by atoms with Crippen LogP contribution in [0.15, 0.2) is 0 Å². The van der Waals surface area contributed by atoms with E-state index in [4.69, 9.17) is 5.73 Å². The average molecular weight is 281 g/mol. The zero-order valence-corrected chi connectivity index (χ0v) is 13.9. The molecule has 0 aromatic rings. The number of piperazine rings is 1. The fraction of sp³-hybridized carbons (Fsp3) is 1.00. The van der Waals surface area contributed by atoms with Crippen molar-refractivity contribution in [1.29, 1.82) is 0 Å². The summed E-state index contributed by atoms with van der Waals surface area (Å²) in [6.07, 6.45) is 5.45. The predicted molar refractivity (Wildman–Crippen MR) is 86.8 cm³/mol. The van der Waals surface area contributed by atoms with Crippen molar-refractivity contribution in [1.82, 2.24) is 9.80 Å². The Kier molecular flexibility index (Phi) is 5.88. The molecule has 2 N–H and O–H groups in total. The third-order valence-corrected chi connectivity index (χ3v) is 5.42. The van der Waals surface area contributed by atoms with E-state index in [0.717, 1.165) is 18.4 Å². The van der Waals surface area contributed by atoms with Gasteiger partial charge in [0, 0.05) is 39.3 Å². The molecule has 0 bridgehead atoms. The van der Waals surface area contributed by atoms with Crippen LogP contribution in [0.2, 0.25) is 0 Å². The van der Waals surface area contributed by atoms with E-state index in [1.54, 1.807) is 0 Å². The van der Waals surface area contributed by atoms with Crippen LogP contribution in [0.3, 0.4) is 0 Å². The summed E-state index contributed by atoms with van der Waals surface area (Å²) >= 11 is 0. The SMILES string of the molecule is CC(C)CN1CCN(CC2(CN)CCC(C)CC2)CC1. The molecule has 1 heterocycles. The lowest BCUT2D eigenvalue weighted by atomic mass is 9.70. The van der Waals surface area contributed by atoms with E-state index < -0.39 is 0 Å². The lowest BCUT2D eigenvalue weighted by molar-refractivity contribution is 0.0553. The molecule has 20 heavy (non-hydrogen) atoms. The van der Waals surface area contributed by atoms with Gasteiger partial charge in [0.15, 0.2) is 0 Å². The molecule has 3 heteroatoms. The minimum atomic E-state index is 0.423. The Hall–Kier alpha value is -0.120. The maximum Gasteiger partial charge on any atom is 0.0110 e. The summed E-state index contributed by atoms with van der Waals surface area (Å²) in [5, 5.41) is 0. The van der Waals surface area contributed by atoms with Gasteiger partial charge in [-0.3, -0.25) is 0 Å². The molecule has 0 unspecified atom stereocenters. The highest BCUT2D eigenvalue weighted by Gasteiger charge is 2.35. The van der Waals surface area contributed by atoms with Crippen LogP contribution >= 0.6 is 0 Å². The monoisotopic (exact) mass is 281 g/mol. The molecule has 0 radical (unpaired) electrons. The molecule has 1 saturated carbocycles. The van der Waals surface area contributed by atoms with Gasteiger partial charge in [-0.25, -0.2) is 0 Å². The molecule has 0 atom stereocenters. The van der Waals surface area contributed by atoms with Gasteiger partial charge >= 0.3 is 0 Å². The van der Waals surface area contributed by atoms with Gasteiger partial charge in [-0.1, -0.05) is 33.6 Å². The van der Waals surface area contributed by atoms with E-state index in [1.807, 2.05) is 0 Å². The summed E-state index contributed by atoms with van der Waals surface area (Å²) in [5.41, 5.74) is 6.58. The van der Waals surface area contributed by atoms with Crippen molar-refractivity contribution in [3.63, 3.8) is 0 Å². The van der Waals surface area contributed by atoms with Gasteiger partial charge in [0.25, 0.3) is 0 Å². The first-order valence-electron chi connectivity index (χ1n) is 8.68. The third-order valence-electron chi connectivity index (χ3n) is 5.42. The minimum absolute atomic E-state index is 0.423. The topological polar surface area (TPSA) is 32.5 Å². The summed E-state index contributed by atoms with van der Waals surface area (Å²) < 4.78 is 0. The largest absolute Gasteiger partial charge is 0.330 e. The fourth-order valence-corrected chi connectivity index (χ4v) is 3.92. The van der Waals surface area contributed by atoms with Crippen LogP contribution < -0.4 is 5.73 Å². The average Bonchev–Trinajstić information content (AvgIpc) is 2.43. The van der Waals surface area contributed by atoms with Crippen LogP contribution in [0.1, 0.15) is 46.5 Å². The molecule has 2 rings (SSSR count). The standard InChI is InChI=1S/C17H35N3/c1-15(2)12-19-8-10-20(11-9-19)14-17(13-18)6-4-16(3)5-7-17/h15-16H,4-14,18H2,1-3H3. The molecule has 0 amide bonds. The fourth-order valence-electron chi connectivity index (χ4n) is 3.92. The van der Waals surface area contributed by atoms with Crippen LogP contribution in [0.4, 0.5) is 0 Å². The highest BCUT2D eigenvalue weighted by molar-refractivity contribution is 4.89. The van der Waals surface area contributed by atoms with E-state index >= 15 is 0 Å². The number of nitrogens with zero attached hydrogens (tertiary/aromatic N) is 2. The van der Waals surface area contributed by atoms with Crippen molar-refractivity contribution >= 4 is 0 Å². The first-order chi connectivity index (χ1) is 9.53. The van der Waals surface area contributed by atoms with Crippen LogP contribution in [-0.2, 0) is 0 Å². The van der Waals surface area contributed by atoms with Crippen LogP contribution in [0.25, 0.3) is 0 Å². The van der Waals surface area contributed by atoms with Gasteiger partial charge in [-0.2, -0.15) is 0 Å². The van der Waals surface area contributed by atoms with Crippen LogP contribution in [0, 0.1) is 17.3 Å². The number of rotatable bonds is 5. The molecule has 118 valence electrons. The Balaban J connectivity index is 1.79. The van der Waals surface area contributed by atoms with Gasteiger partial charge in [0.05, 0.1) is 0 Å². The quantitative estimate of drug-likeness (QED) is 0.840. The lowest BCUT2D eigenvalue weighted by Gasteiger charge is -2.44. The van der Waals surface area contributed by atoms with Crippen molar-refractivity contribution in [3.8, 4) is 0 Å². The Morgan fingerprint density at radius 2 is 1.60 bits per heavy atom. The van der Waals surface area contributed by atoms with Crippen molar-refractivity contribution in [2.45, 2.75) is 46.5 Å². The molecule has 0 spiro atoms. The van der Waals surface area contributed by atoms with Gasteiger partial charge in [0.2, 0.25) is 0 Å². The van der Waals surface area contributed by atoms with Gasteiger partial charge in [0.1, 0.15) is 0 Å². The van der Waals surface area contributed by atoms with Gasteiger partial charge in [-0.05, 0) is 36.6 Å². The summed E-state index contributed by atoms with van der Waals surface area (Å²) in [5.74, 6) is 1.70. The molecule has 0 aromatic heterocycles. The van der Waals surface area contributed by atoms with Crippen LogP contribution in [0.5, 0.6) is 0 Å². The predicted octanol–water partition coefficient (Wildman–Crippen LogP) is 2.42. The van der Waals surface area contributed by atoms with E-state index in [-0.39, 0.29) is 0 Å². The van der Waals surface area contributed by atoms with E-state index in [0.29, 0.717) is 5.41 Å². The zero-order valence-electron chi connectivity index (χ0n) is 13.9. The van der Waals surface area contributed by atoms with E-state index in [1.165, 1.54) is 65.0 Å². The molecular formula is C17H35N3. The number of hydrogen-bond acceptors (Lipinski definition) is 3. The summed E-state index contributed by atoms with van der Waals surface area (Å²) in [7, 11) is 0. The molecule has 1 aliphatic carbocycles. The second-order valence-electron chi connectivity index (χ2n) is 7.86. The van der Waals surface area contributed by atoms with Gasteiger partial charge in [-0.15, -0.1) is 0 Å². The van der Waals surface area contributed by atoms with Crippen LogP contribution in [-0.4, -0.2) is 55.6 Å². The maximum atomic E-state index is 6.16. The Bertz CT molecular complexity index is 274. The summed E-state index contributed by atoms with van der Waals surface area (Å²) in [6.45, 7) is 15.4. The number of hydrogen-bond donors (Lipinski definition) is 1. The summed E-state index contributed by atoms with van der Waals surface area (Å²) in [4.78, 5) is 5.30. The van der Waals surface area contributed by atoms with Crippen molar-refractivity contribution in [2.75, 3.05) is 45.8 Å². The molecule has 1 aliphatic heterocycles. The molecule has 1 saturated heterocycles. The maximum absolute atomic E-state index is 6.16. The lowest BCUT2D eigenvalue weighted by Crippen LogP contribution is -2.52. The molecule has 0 aromatic carbocycles. The highest BCUT2D eigenvalue weighted by Crippen LogP contribution is 2.38. The highest BCUT2D eigenvalue weighted by atomic mass is 15.3. The van der Waals surface area contributed by atoms with E-state index in [9.17, 15) is 0 Å². The summed E-state index contributed by atoms with van der Waals surface area (Å²) in [6, 6.07) is 0. The Morgan fingerprint density at radius 3 is 2.10 bits per heavy atom. The molecular weight excluding hydrogens is 246 g/mol. The first kappa shape index (κ1) is 16.3. The van der Waals surface area contributed by atoms with Crippen molar-refractivity contribution < 1.29 is 0 Å². The smallest absolute Gasteiger partial charge is 0.0110 e. The van der Waals surface area contributed by atoms with Crippen molar-refractivity contribution in [2.24, 2.45) is 23.0 Å². The Morgan fingerprint density at radius 1 is 1.05 bits per heavy atom. The number of nitrogens with two attached hydrogens (primary N) is 1. The second-order valence-corrected chi connectivity index (χ2v) is 7.86. The second kappa shape index (κ2) is 7.24.